The molecule has 1 N–H and O–H groups in total. The summed E-state index contributed by atoms with van der Waals surface area (Å²) in [6.45, 7) is 5.96. The molecule has 0 radical (unpaired) electrons. The van der Waals surface area contributed by atoms with Gasteiger partial charge in [-0.2, -0.15) is 0 Å². The summed E-state index contributed by atoms with van der Waals surface area (Å²) >= 11 is 0. The Bertz CT molecular complexity index is 671. The van der Waals surface area contributed by atoms with Gasteiger partial charge >= 0.3 is 6.03 Å². The Kier molecular flexibility index (Phi) is 7.16. The maximum Gasteiger partial charge on any atom is 0.317 e. The summed E-state index contributed by atoms with van der Waals surface area (Å²) < 4.78 is 0. The lowest BCUT2D eigenvalue weighted by molar-refractivity contribution is 0.168. The van der Waals surface area contributed by atoms with Crippen LogP contribution in [0.15, 0.2) is 54.7 Å². The van der Waals surface area contributed by atoms with Gasteiger partial charge in [0.1, 0.15) is 0 Å². The number of likely N-dealkylation sites (N-methyl/N-ethyl adjacent to an activating group) is 1. The SMILES string of the molecule is CN(C)C(C)(C)CNC(=O)N(CCc1ccccc1)Cc1ccccn1. The Morgan fingerprint density at radius 3 is 2.38 bits per heavy atom. The van der Waals surface area contributed by atoms with Crippen LogP contribution in [0.4, 0.5) is 4.79 Å². The zero-order valence-corrected chi connectivity index (χ0v) is 16.3. The lowest BCUT2D eigenvalue weighted by Gasteiger charge is -2.33. The van der Waals surface area contributed by atoms with Crippen LogP contribution in [0.1, 0.15) is 25.1 Å². The van der Waals surface area contributed by atoms with E-state index in [1.807, 2.05) is 55.4 Å². The van der Waals surface area contributed by atoms with E-state index in [1.54, 1.807) is 6.20 Å². The predicted molar refractivity (Wildman–Crippen MR) is 106 cm³/mol. The third kappa shape index (κ3) is 6.15. The van der Waals surface area contributed by atoms with Gasteiger partial charge in [0.05, 0.1) is 12.2 Å². The van der Waals surface area contributed by atoms with Crippen molar-refractivity contribution in [2.24, 2.45) is 0 Å². The summed E-state index contributed by atoms with van der Waals surface area (Å²) in [4.78, 5) is 21.1. The van der Waals surface area contributed by atoms with E-state index < -0.39 is 0 Å². The van der Waals surface area contributed by atoms with E-state index in [0.717, 1.165) is 12.1 Å². The molecule has 2 rings (SSSR count). The zero-order valence-electron chi connectivity index (χ0n) is 16.3. The average molecular weight is 354 g/mol. The molecule has 26 heavy (non-hydrogen) atoms. The highest BCUT2D eigenvalue weighted by Crippen LogP contribution is 2.10. The molecular formula is C21H30N4O. The minimum absolute atomic E-state index is 0.0542. The van der Waals surface area contributed by atoms with Crippen molar-refractivity contribution in [2.75, 3.05) is 27.2 Å². The maximum absolute atomic E-state index is 12.8. The molecule has 0 unspecified atom stereocenters. The van der Waals surface area contributed by atoms with Crippen LogP contribution in [-0.4, -0.2) is 53.5 Å². The van der Waals surface area contributed by atoms with Crippen LogP contribution in [0.3, 0.4) is 0 Å². The number of aromatic nitrogens is 1. The molecule has 0 aliphatic rings. The Balaban J connectivity index is 2.02. The number of rotatable bonds is 8. The zero-order chi connectivity index (χ0) is 19.0. The first kappa shape index (κ1) is 19.9. The van der Waals surface area contributed by atoms with Crippen LogP contribution in [0, 0.1) is 0 Å². The van der Waals surface area contributed by atoms with Crippen molar-refractivity contribution in [2.45, 2.75) is 32.4 Å². The summed E-state index contributed by atoms with van der Waals surface area (Å²) in [5, 5.41) is 3.08. The minimum Gasteiger partial charge on any atom is -0.336 e. The number of carbonyl (C=O) groups is 1. The van der Waals surface area contributed by atoms with Crippen LogP contribution in [0.5, 0.6) is 0 Å². The van der Waals surface area contributed by atoms with Gasteiger partial charge in [-0.05, 0) is 52.1 Å². The van der Waals surface area contributed by atoms with Crippen molar-refractivity contribution in [3.8, 4) is 0 Å². The van der Waals surface area contributed by atoms with Gasteiger partial charge in [-0.25, -0.2) is 4.79 Å². The predicted octanol–water partition coefficient (Wildman–Crippen LogP) is 3.18. The summed E-state index contributed by atoms with van der Waals surface area (Å²) in [6.07, 6.45) is 2.58. The Hall–Kier alpha value is -2.40. The van der Waals surface area contributed by atoms with Crippen LogP contribution < -0.4 is 5.32 Å². The number of urea groups is 1. The molecule has 1 aromatic carbocycles. The number of carbonyl (C=O) groups excluding carboxylic acids is 1. The monoisotopic (exact) mass is 354 g/mol. The third-order valence-corrected chi connectivity index (χ3v) is 4.76. The van der Waals surface area contributed by atoms with E-state index in [4.69, 9.17) is 0 Å². The molecule has 140 valence electrons. The normalized spacial score (nSPS) is 11.4. The van der Waals surface area contributed by atoms with E-state index in [2.05, 4.69) is 41.2 Å². The van der Waals surface area contributed by atoms with Gasteiger partial charge in [0, 0.05) is 24.8 Å². The third-order valence-electron chi connectivity index (χ3n) is 4.76. The smallest absolute Gasteiger partial charge is 0.317 e. The maximum atomic E-state index is 12.8. The molecule has 0 aliphatic heterocycles. The molecule has 0 atom stereocenters. The van der Waals surface area contributed by atoms with Crippen molar-refractivity contribution in [3.05, 3.63) is 66.0 Å². The fourth-order valence-electron chi connectivity index (χ4n) is 2.41. The van der Waals surface area contributed by atoms with Crippen LogP contribution in [-0.2, 0) is 13.0 Å². The molecule has 2 amide bonds. The fourth-order valence-corrected chi connectivity index (χ4v) is 2.41. The molecular weight excluding hydrogens is 324 g/mol. The number of amides is 2. The molecule has 5 nitrogen and oxygen atoms in total. The van der Waals surface area contributed by atoms with Crippen LogP contribution in [0.25, 0.3) is 0 Å². The van der Waals surface area contributed by atoms with E-state index in [-0.39, 0.29) is 11.6 Å². The summed E-state index contributed by atoms with van der Waals surface area (Å²) in [5.74, 6) is 0. The highest BCUT2D eigenvalue weighted by atomic mass is 16.2. The van der Waals surface area contributed by atoms with Gasteiger partial charge in [-0.3, -0.25) is 4.98 Å². The highest BCUT2D eigenvalue weighted by Gasteiger charge is 2.23. The number of hydrogen-bond acceptors (Lipinski definition) is 3. The average Bonchev–Trinajstić information content (AvgIpc) is 2.64. The largest absolute Gasteiger partial charge is 0.336 e. The Labute approximate surface area is 157 Å². The van der Waals surface area contributed by atoms with Gasteiger partial charge in [-0.15, -0.1) is 0 Å². The highest BCUT2D eigenvalue weighted by molar-refractivity contribution is 5.74. The molecule has 0 saturated heterocycles. The second-order valence-electron chi connectivity index (χ2n) is 7.34. The Morgan fingerprint density at radius 2 is 1.77 bits per heavy atom. The van der Waals surface area contributed by atoms with Gasteiger partial charge in [0.25, 0.3) is 0 Å². The van der Waals surface area contributed by atoms with Gasteiger partial charge in [0.15, 0.2) is 0 Å². The first-order chi connectivity index (χ1) is 12.4. The second-order valence-corrected chi connectivity index (χ2v) is 7.34. The van der Waals surface area contributed by atoms with E-state index in [1.165, 1.54) is 5.56 Å². The second kappa shape index (κ2) is 9.34. The van der Waals surface area contributed by atoms with E-state index in [0.29, 0.717) is 19.6 Å². The number of nitrogens with zero attached hydrogens (tertiary/aromatic N) is 3. The number of pyridine rings is 1. The van der Waals surface area contributed by atoms with Crippen molar-refractivity contribution >= 4 is 6.03 Å². The first-order valence-corrected chi connectivity index (χ1v) is 9.02. The standard InChI is InChI=1S/C21H30N4O/c1-21(2,24(3)4)17-23-20(26)25(16-19-12-8-9-14-22-19)15-13-18-10-6-5-7-11-18/h5-12,14H,13,15-17H2,1-4H3,(H,23,26). The van der Waals surface area contributed by atoms with Crippen molar-refractivity contribution in [1.82, 2.24) is 20.1 Å². The summed E-state index contributed by atoms with van der Waals surface area (Å²) in [7, 11) is 4.04. The van der Waals surface area contributed by atoms with Crippen molar-refractivity contribution < 1.29 is 4.79 Å². The molecule has 1 aromatic heterocycles. The van der Waals surface area contributed by atoms with Gasteiger partial charge in [0.2, 0.25) is 0 Å². The first-order valence-electron chi connectivity index (χ1n) is 9.02. The molecule has 0 aliphatic carbocycles. The molecule has 0 spiro atoms. The molecule has 5 heteroatoms. The lowest BCUT2D eigenvalue weighted by Crippen LogP contribution is -2.51. The minimum atomic E-state index is -0.105. The molecule has 2 aromatic rings. The van der Waals surface area contributed by atoms with E-state index in [9.17, 15) is 4.79 Å². The molecule has 0 bridgehead atoms. The summed E-state index contributed by atoms with van der Waals surface area (Å²) in [5.41, 5.74) is 2.01. The van der Waals surface area contributed by atoms with Crippen molar-refractivity contribution in [3.63, 3.8) is 0 Å². The fraction of sp³-hybridized carbons (Fsp3) is 0.429. The van der Waals surface area contributed by atoms with Crippen LogP contribution >= 0.6 is 0 Å². The number of nitrogens with one attached hydrogen (secondary N) is 1. The van der Waals surface area contributed by atoms with Crippen LogP contribution in [0.2, 0.25) is 0 Å². The Morgan fingerprint density at radius 1 is 1.08 bits per heavy atom. The van der Waals surface area contributed by atoms with Gasteiger partial charge in [-0.1, -0.05) is 36.4 Å². The topological polar surface area (TPSA) is 48.5 Å². The lowest BCUT2D eigenvalue weighted by atomic mass is 10.0. The molecule has 0 saturated carbocycles. The molecule has 1 heterocycles. The number of benzene rings is 1. The number of hydrogen-bond donors (Lipinski definition) is 1. The van der Waals surface area contributed by atoms with Crippen molar-refractivity contribution in [1.29, 1.82) is 0 Å². The summed E-state index contributed by atoms with van der Waals surface area (Å²) in [6, 6.07) is 16.0. The van der Waals surface area contributed by atoms with Gasteiger partial charge < -0.3 is 15.1 Å². The quantitative estimate of drug-likeness (QED) is 0.792. The van der Waals surface area contributed by atoms with E-state index >= 15 is 0 Å². The molecule has 0 fully saturated rings.